The number of nitrogens with one attached hydrogen (secondary N) is 2. The maximum atomic E-state index is 14.3. The first-order chi connectivity index (χ1) is 21.0. The van der Waals surface area contributed by atoms with Crippen molar-refractivity contribution in [1.82, 2.24) is 25.4 Å². The molecule has 2 aromatic carbocycles. The highest BCUT2D eigenvalue weighted by Gasteiger charge is 2.28. The number of carbonyl (C=O) groups excluding carboxylic acids is 2. The first-order valence-corrected chi connectivity index (χ1v) is 14.3. The molecule has 5 rings (SSSR count). The summed E-state index contributed by atoms with van der Waals surface area (Å²) in [5.74, 6) is -3.77. The van der Waals surface area contributed by atoms with Crippen LogP contribution in [0.2, 0.25) is 0 Å². The minimum Gasteiger partial charge on any atom is -0.373 e. The van der Waals surface area contributed by atoms with Gasteiger partial charge in [-0.2, -0.15) is 5.10 Å². The molecule has 2 aromatic heterocycles. The predicted molar refractivity (Wildman–Crippen MR) is 157 cm³/mol. The molecule has 5 N–H and O–H groups in total. The number of hydrogen-bond acceptors (Lipinski definition) is 6. The maximum absolute atomic E-state index is 14.3. The number of aliphatic hydroxyl groups is 1. The van der Waals surface area contributed by atoms with Crippen molar-refractivity contribution in [2.45, 2.75) is 63.9 Å². The largest absolute Gasteiger partial charge is 0.373 e. The molecule has 0 aliphatic heterocycles. The molecular weight excluding hydrogens is 573 g/mol. The monoisotopic (exact) mass is 606 g/mol. The normalized spacial score (nSPS) is 14.4. The summed E-state index contributed by atoms with van der Waals surface area (Å²) in [5.41, 5.74) is 7.59. The number of aromatic nitrogens is 3. The first-order valence-electron chi connectivity index (χ1n) is 14.3. The van der Waals surface area contributed by atoms with Crippen molar-refractivity contribution in [3.05, 3.63) is 106 Å². The molecule has 2 amide bonds. The average molecular weight is 607 g/mol. The predicted octanol–water partition coefficient (Wildman–Crippen LogP) is 4.43. The van der Waals surface area contributed by atoms with E-state index >= 15 is 0 Å². The Hall–Kier alpha value is -4.55. The van der Waals surface area contributed by atoms with Crippen molar-refractivity contribution in [1.29, 1.82) is 0 Å². The molecule has 2 atom stereocenters. The molecule has 9 nitrogen and oxygen atoms in total. The fourth-order valence-corrected chi connectivity index (χ4v) is 5.02. The van der Waals surface area contributed by atoms with E-state index in [4.69, 9.17) is 5.73 Å². The average Bonchev–Trinajstić information content (AvgIpc) is 3.67. The highest BCUT2D eigenvalue weighted by Crippen LogP contribution is 2.31. The third kappa shape index (κ3) is 7.32. The summed E-state index contributed by atoms with van der Waals surface area (Å²) < 4.78 is 44.0. The van der Waals surface area contributed by atoms with Crippen molar-refractivity contribution in [3.63, 3.8) is 0 Å². The number of primary amides is 1. The van der Waals surface area contributed by atoms with Crippen LogP contribution in [0.25, 0.3) is 11.1 Å². The van der Waals surface area contributed by atoms with Crippen LogP contribution in [0.4, 0.5) is 13.2 Å². The molecule has 1 unspecified atom stereocenters. The molecule has 12 heteroatoms. The highest BCUT2D eigenvalue weighted by atomic mass is 19.1. The summed E-state index contributed by atoms with van der Waals surface area (Å²) in [6, 6.07) is 11.3. The third-order valence-corrected chi connectivity index (χ3v) is 7.37. The fraction of sp³-hybridized carbons (Fsp3) is 0.312. The van der Waals surface area contributed by atoms with Crippen LogP contribution < -0.4 is 16.4 Å². The van der Waals surface area contributed by atoms with Crippen molar-refractivity contribution in [2.24, 2.45) is 5.73 Å². The number of amides is 2. The second-order valence-corrected chi connectivity index (χ2v) is 11.2. The van der Waals surface area contributed by atoms with Gasteiger partial charge in [0.15, 0.2) is 0 Å². The third-order valence-electron chi connectivity index (χ3n) is 7.37. The highest BCUT2D eigenvalue weighted by molar-refractivity contribution is 5.94. The Morgan fingerprint density at radius 3 is 2.45 bits per heavy atom. The lowest BCUT2D eigenvalue weighted by Gasteiger charge is -2.22. The first kappa shape index (κ1) is 30.9. The number of carbonyl (C=O) groups is 2. The van der Waals surface area contributed by atoms with Crippen LogP contribution in [0.3, 0.4) is 0 Å². The molecule has 0 saturated heterocycles. The van der Waals surface area contributed by atoms with Crippen molar-refractivity contribution >= 4 is 11.8 Å². The van der Waals surface area contributed by atoms with Gasteiger partial charge in [0.05, 0.1) is 28.7 Å². The Kier molecular flexibility index (Phi) is 9.12. The van der Waals surface area contributed by atoms with Crippen LogP contribution in [-0.2, 0) is 17.8 Å². The van der Waals surface area contributed by atoms with E-state index in [1.807, 2.05) is 13.8 Å². The molecular formula is C32H33F3N6O3. The van der Waals surface area contributed by atoms with Gasteiger partial charge in [0.1, 0.15) is 30.2 Å². The van der Waals surface area contributed by atoms with E-state index in [2.05, 4.69) is 20.7 Å². The van der Waals surface area contributed by atoms with E-state index in [0.29, 0.717) is 28.2 Å². The Labute approximate surface area is 252 Å². The van der Waals surface area contributed by atoms with E-state index in [9.17, 15) is 27.9 Å². The van der Waals surface area contributed by atoms with E-state index in [1.54, 1.807) is 18.2 Å². The Morgan fingerprint density at radius 1 is 1.07 bits per heavy atom. The number of nitrogens with two attached hydrogens (primary N) is 1. The minimum absolute atomic E-state index is 0.0406. The van der Waals surface area contributed by atoms with Gasteiger partial charge < -0.3 is 16.2 Å². The fourth-order valence-electron chi connectivity index (χ4n) is 5.02. The molecule has 230 valence electrons. The van der Waals surface area contributed by atoms with Gasteiger partial charge in [-0.15, -0.1) is 0 Å². The van der Waals surface area contributed by atoms with Crippen LogP contribution >= 0.6 is 0 Å². The summed E-state index contributed by atoms with van der Waals surface area (Å²) in [6.07, 6.45) is 2.31. The van der Waals surface area contributed by atoms with Crippen LogP contribution in [-0.4, -0.2) is 37.7 Å². The SMILES string of the molecule is CC(C)c1cc(C(O)NC2CC2)n(CC(=O)N[C@@H](Cc2cc(F)cc(F)c2)c2ncccc2-c2ccc(F)c(C(N)=O)c2)n1. The number of hydrogen-bond donors (Lipinski definition) is 4. The van der Waals surface area contributed by atoms with Crippen LogP contribution in [0.15, 0.2) is 60.8 Å². The van der Waals surface area contributed by atoms with Crippen LogP contribution in [0.1, 0.15) is 77.9 Å². The topological polar surface area (TPSA) is 135 Å². The zero-order chi connectivity index (χ0) is 31.5. The van der Waals surface area contributed by atoms with Gasteiger partial charge in [0.2, 0.25) is 5.91 Å². The summed E-state index contributed by atoms with van der Waals surface area (Å²) in [7, 11) is 0. The van der Waals surface area contributed by atoms with E-state index in [-0.39, 0.29) is 36.1 Å². The van der Waals surface area contributed by atoms with Gasteiger partial charge in [-0.1, -0.05) is 26.0 Å². The van der Waals surface area contributed by atoms with Gasteiger partial charge in [-0.3, -0.25) is 24.6 Å². The summed E-state index contributed by atoms with van der Waals surface area (Å²) in [4.78, 5) is 29.9. The molecule has 1 fully saturated rings. The zero-order valence-electron chi connectivity index (χ0n) is 24.2. The lowest BCUT2D eigenvalue weighted by Crippen LogP contribution is -2.35. The van der Waals surface area contributed by atoms with Gasteiger partial charge >= 0.3 is 0 Å². The molecule has 44 heavy (non-hydrogen) atoms. The Bertz CT molecular complexity index is 1670. The summed E-state index contributed by atoms with van der Waals surface area (Å²) in [6.45, 7) is 3.64. The van der Waals surface area contributed by atoms with E-state index in [0.717, 1.165) is 37.1 Å². The second kappa shape index (κ2) is 13.0. The number of pyridine rings is 1. The van der Waals surface area contributed by atoms with Crippen molar-refractivity contribution in [3.8, 4) is 11.1 Å². The van der Waals surface area contributed by atoms with Gasteiger partial charge in [-0.25, -0.2) is 13.2 Å². The van der Waals surface area contributed by atoms with E-state index < -0.39 is 41.5 Å². The molecule has 0 radical (unpaired) electrons. The molecule has 1 saturated carbocycles. The maximum Gasteiger partial charge on any atom is 0.251 e. The lowest BCUT2D eigenvalue weighted by atomic mass is 9.94. The van der Waals surface area contributed by atoms with E-state index in [1.165, 1.54) is 23.0 Å². The smallest absolute Gasteiger partial charge is 0.251 e. The summed E-state index contributed by atoms with van der Waals surface area (Å²) >= 11 is 0. The molecule has 4 aromatic rings. The van der Waals surface area contributed by atoms with Crippen molar-refractivity contribution in [2.75, 3.05) is 0 Å². The molecule has 2 heterocycles. The standard InChI is InChI=1S/C32H33F3N6O3/c1-17(2)26-15-28(32(44)38-22-6-7-22)41(40-26)16-29(42)39-27(12-18-10-20(33)14-21(34)11-18)30-23(4-3-9-37-30)19-5-8-25(35)24(13-19)31(36)43/h3-5,8-11,13-15,17,22,27,32,38,44H,6-7,12,16H2,1-2H3,(H2,36,43)(H,39,42)/t27-,32?/m0/s1. The number of benzene rings is 2. The second-order valence-electron chi connectivity index (χ2n) is 11.2. The number of aliphatic hydroxyl groups excluding tert-OH is 1. The van der Waals surface area contributed by atoms with Crippen LogP contribution in [0.5, 0.6) is 0 Å². The van der Waals surface area contributed by atoms with Gasteiger partial charge in [0, 0.05) is 23.9 Å². The van der Waals surface area contributed by atoms with Crippen molar-refractivity contribution < 1.29 is 27.9 Å². The van der Waals surface area contributed by atoms with Gasteiger partial charge in [0.25, 0.3) is 5.91 Å². The number of nitrogens with zero attached hydrogens (tertiary/aromatic N) is 3. The molecule has 0 bridgehead atoms. The minimum atomic E-state index is -1.03. The quantitative estimate of drug-likeness (QED) is 0.176. The molecule has 1 aliphatic rings. The zero-order valence-corrected chi connectivity index (χ0v) is 24.2. The molecule has 1 aliphatic carbocycles. The lowest BCUT2D eigenvalue weighted by molar-refractivity contribution is -0.122. The van der Waals surface area contributed by atoms with Gasteiger partial charge in [-0.05, 0) is 72.7 Å². The Balaban J connectivity index is 1.50. The number of halogens is 3. The molecule has 0 spiro atoms. The Morgan fingerprint density at radius 2 is 1.80 bits per heavy atom. The number of rotatable bonds is 12. The summed E-state index contributed by atoms with van der Waals surface area (Å²) in [5, 5.41) is 21.4. The van der Waals surface area contributed by atoms with Crippen LogP contribution in [0, 0.1) is 17.5 Å².